The Morgan fingerprint density at radius 3 is 1.52 bits per heavy atom. The van der Waals surface area contributed by atoms with Gasteiger partial charge in [0.1, 0.15) is 0 Å². The summed E-state index contributed by atoms with van der Waals surface area (Å²) in [5, 5.41) is 0.218. The Balaban J connectivity index is 5.48. The smallest absolute Gasteiger partial charge is 0.277 e. The summed E-state index contributed by atoms with van der Waals surface area (Å²) in [6, 6.07) is 0. The van der Waals surface area contributed by atoms with Gasteiger partial charge in [0.05, 0.1) is 0 Å². The molecule has 0 saturated heterocycles. The molecule has 0 aromatic rings. The van der Waals surface area contributed by atoms with Crippen molar-refractivity contribution in [1.29, 1.82) is 0 Å². The van der Waals surface area contributed by atoms with E-state index in [-0.39, 0.29) is 10.5 Å². The van der Waals surface area contributed by atoms with Crippen LogP contribution in [0.25, 0.3) is 0 Å². The second kappa shape index (κ2) is 11.7. The van der Waals surface area contributed by atoms with E-state index >= 15 is 0 Å². The van der Waals surface area contributed by atoms with Crippen molar-refractivity contribution in [2.75, 3.05) is 0 Å². The van der Waals surface area contributed by atoms with E-state index in [0.717, 1.165) is 51.4 Å². The SMILES string of the molecule is C=CCC(CCCC)S(C(CC=C)CCCC)=P(O)(O)O. The van der Waals surface area contributed by atoms with Gasteiger partial charge in [-0.25, -0.2) is 0 Å². The average Bonchev–Trinajstić information content (AvgIpc) is 2.40. The van der Waals surface area contributed by atoms with Crippen LogP contribution in [0.4, 0.5) is 0 Å². The fourth-order valence-corrected chi connectivity index (χ4v) is 8.96. The van der Waals surface area contributed by atoms with Crippen LogP contribution in [0.1, 0.15) is 65.2 Å². The largest absolute Gasteiger partial charge is 0.329 e. The Morgan fingerprint density at radius 1 is 0.905 bits per heavy atom. The number of allylic oxidation sites excluding steroid dienone is 2. The predicted molar refractivity (Wildman–Crippen MR) is 97.2 cm³/mol. The third-order valence-electron chi connectivity index (χ3n) is 3.58. The Kier molecular flexibility index (Phi) is 11.8. The molecule has 0 saturated carbocycles. The molecule has 2 unspecified atom stereocenters. The molecular formula is C16H33O3PS. The molecule has 0 amide bonds. The average molecular weight is 336 g/mol. The molecule has 126 valence electrons. The monoisotopic (exact) mass is 336 g/mol. The first-order valence-electron chi connectivity index (χ1n) is 7.93. The molecule has 0 aromatic heterocycles. The molecule has 0 aromatic carbocycles. The first kappa shape index (κ1) is 21.1. The molecule has 5 heteroatoms. The summed E-state index contributed by atoms with van der Waals surface area (Å²) in [4.78, 5) is 30.1. The van der Waals surface area contributed by atoms with Crippen LogP contribution >= 0.6 is 6.72 Å². The van der Waals surface area contributed by atoms with Crippen LogP contribution < -0.4 is 0 Å². The first-order valence-corrected chi connectivity index (χ1v) is 11.5. The minimum absolute atomic E-state index is 0.109. The lowest BCUT2D eigenvalue weighted by atomic mass is 10.1. The molecule has 0 heterocycles. The highest BCUT2D eigenvalue weighted by atomic mass is 32.5. The van der Waals surface area contributed by atoms with Crippen molar-refractivity contribution in [2.24, 2.45) is 0 Å². The van der Waals surface area contributed by atoms with Gasteiger partial charge in [-0.05, 0) is 25.7 Å². The zero-order valence-electron chi connectivity index (χ0n) is 13.6. The van der Waals surface area contributed by atoms with E-state index in [1.54, 1.807) is 0 Å². The maximum atomic E-state index is 10.0. The van der Waals surface area contributed by atoms with Gasteiger partial charge >= 0.3 is 0 Å². The Labute approximate surface area is 133 Å². The summed E-state index contributed by atoms with van der Waals surface area (Å²) < 4.78 is 0. The number of hydrogen-bond acceptors (Lipinski definition) is 0. The highest BCUT2D eigenvalue weighted by molar-refractivity contribution is 8.28. The molecule has 3 N–H and O–H groups in total. The normalized spacial score (nSPS) is 16.2. The Morgan fingerprint density at radius 2 is 1.29 bits per heavy atom. The topological polar surface area (TPSA) is 60.7 Å². The molecule has 2 atom stereocenters. The second-order valence-corrected chi connectivity index (χ2v) is 11.2. The zero-order valence-corrected chi connectivity index (χ0v) is 15.3. The van der Waals surface area contributed by atoms with Crippen LogP contribution in [0.2, 0.25) is 0 Å². The molecule has 0 bridgehead atoms. The standard InChI is InChI=1S/C16H33O3PS/c1-5-9-13-15(11-7-3)21(20(17,18)19)16(12-8-4)14-10-6-2/h7-8,15-19H,3-6,9-14H2,1-2H3. The van der Waals surface area contributed by atoms with Crippen molar-refractivity contribution in [3.05, 3.63) is 25.3 Å². The zero-order chi connectivity index (χ0) is 16.3. The number of unbranched alkanes of at least 4 members (excludes halogenated alkanes) is 2. The molecule has 0 spiro atoms. The summed E-state index contributed by atoms with van der Waals surface area (Å²) in [5.41, 5.74) is 0. The lowest BCUT2D eigenvalue weighted by molar-refractivity contribution is 0.362. The maximum Gasteiger partial charge on any atom is 0.277 e. The van der Waals surface area contributed by atoms with Crippen LogP contribution in [0.5, 0.6) is 0 Å². The molecule has 0 aliphatic rings. The van der Waals surface area contributed by atoms with Gasteiger partial charge in [-0.15, -0.1) is 23.2 Å². The van der Waals surface area contributed by atoms with Gasteiger partial charge < -0.3 is 14.7 Å². The van der Waals surface area contributed by atoms with E-state index in [1.807, 2.05) is 12.2 Å². The summed E-state index contributed by atoms with van der Waals surface area (Å²) >= 11 is 0. The summed E-state index contributed by atoms with van der Waals surface area (Å²) in [6.45, 7) is 7.99. The fraction of sp³-hybridized carbons (Fsp3) is 0.750. The number of hydrogen-bond donors (Lipinski definition) is 3. The van der Waals surface area contributed by atoms with Crippen LogP contribution in [-0.4, -0.2) is 25.2 Å². The van der Waals surface area contributed by atoms with E-state index in [4.69, 9.17) is 0 Å². The minimum atomic E-state index is -3.85. The van der Waals surface area contributed by atoms with Crippen LogP contribution in [-0.2, 0) is 10.1 Å². The van der Waals surface area contributed by atoms with Crippen LogP contribution in [0.15, 0.2) is 25.3 Å². The van der Waals surface area contributed by atoms with E-state index in [0.29, 0.717) is 0 Å². The third-order valence-corrected chi connectivity index (χ3v) is 9.86. The van der Waals surface area contributed by atoms with Crippen molar-refractivity contribution >= 4 is 16.8 Å². The molecule has 0 radical (unpaired) electrons. The van der Waals surface area contributed by atoms with Crippen molar-refractivity contribution in [2.45, 2.75) is 75.7 Å². The molecule has 0 aliphatic heterocycles. The van der Waals surface area contributed by atoms with Crippen LogP contribution in [0.3, 0.4) is 0 Å². The van der Waals surface area contributed by atoms with Gasteiger partial charge in [-0.3, -0.25) is 0 Å². The van der Waals surface area contributed by atoms with Gasteiger partial charge in [0.2, 0.25) is 0 Å². The molecule has 0 aliphatic carbocycles. The fourth-order valence-electron chi connectivity index (χ4n) is 2.58. The third kappa shape index (κ3) is 8.37. The number of rotatable bonds is 12. The molecule has 3 nitrogen and oxygen atoms in total. The predicted octanol–water partition coefficient (Wildman–Crippen LogP) is 4.53. The second-order valence-electron chi connectivity index (χ2n) is 5.44. The van der Waals surface area contributed by atoms with Crippen LogP contribution in [0, 0.1) is 0 Å². The van der Waals surface area contributed by atoms with Crippen molar-refractivity contribution in [3.63, 3.8) is 0 Å². The highest BCUT2D eigenvalue weighted by Crippen LogP contribution is 2.44. The van der Waals surface area contributed by atoms with Crippen molar-refractivity contribution in [3.8, 4) is 0 Å². The quantitative estimate of drug-likeness (QED) is 0.362. The minimum Gasteiger partial charge on any atom is -0.329 e. The van der Waals surface area contributed by atoms with Gasteiger partial charge in [0.25, 0.3) is 6.72 Å². The lowest BCUT2D eigenvalue weighted by Gasteiger charge is -2.30. The van der Waals surface area contributed by atoms with E-state index in [9.17, 15) is 14.7 Å². The first-order chi connectivity index (χ1) is 9.92. The molecule has 0 fully saturated rings. The van der Waals surface area contributed by atoms with Gasteiger partial charge in [-0.2, -0.15) is 0 Å². The molecular weight excluding hydrogens is 303 g/mol. The van der Waals surface area contributed by atoms with Gasteiger partial charge in [0, 0.05) is 10.5 Å². The Bertz CT molecular complexity index is 330. The van der Waals surface area contributed by atoms with Crippen molar-refractivity contribution < 1.29 is 14.7 Å². The van der Waals surface area contributed by atoms with E-state index in [2.05, 4.69) is 27.0 Å². The molecule has 21 heavy (non-hydrogen) atoms. The van der Waals surface area contributed by atoms with Crippen molar-refractivity contribution in [1.82, 2.24) is 0 Å². The summed E-state index contributed by atoms with van der Waals surface area (Å²) in [5.74, 6) is 0. The van der Waals surface area contributed by atoms with Gasteiger partial charge in [0.15, 0.2) is 0 Å². The highest BCUT2D eigenvalue weighted by Gasteiger charge is 2.27. The van der Waals surface area contributed by atoms with Gasteiger partial charge in [-0.1, -0.05) is 51.7 Å². The summed E-state index contributed by atoms with van der Waals surface area (Å²) in [7, 11) is -0.785. The van der Waals surface area contributed by atoms with E-state index < -0.39 is 16.8 Å². The lowest BCUT2D eigenvalue weighted by Crippen LogP contribution is -2.27. The van der Waals surface area contributed by atoms with E-state index in [1.165, 1.54) is 0 Å². The Hall–Kier alpha value is 0.140. The maximum absolute atomic E-state index is 10.0. The summed E-state index contributed by atoms with van der Waals surface area (Å²) in [6.07, 6.45) is 11.2. The molecule has 0 rings (SSSR count).